The van der Waals surface area contributed by atoms with Gasteiger partial charge in [-0.2, -0.15) is 0 Å². The maximum absolute atomic E-state index is 8.91. The summed E-state index contributed by atoms with van der Waals surface area (Å²) in [6, 6.07) is 8.03. The molecule has 0 fully saturated rings. The maximum Gasteiger partial charge on any atom is 0.122 e. The van der Waals surface area contributed by atoms with E-state index >= 15 is 0 Å². The Hall–Kier alpha value is -1.02. The van der Waals surface area contributed by atoms with Crippen LogP contribution in [0.25, 0.3) is 0 Å². The molecule has 1 aromatic carbocycles. The van der Waals surface area contributed by atoms with E-state index in [4.69, 9.17) is 9.84 Å². The van der Waals surface area contributed by atoms with E-state index in [-0.39, 0.29) is 6.61 Å². The highest BCUT2D eigenvalue weighted by atomic mass is 16.5. The number of aliphatic hydroxyl groups excluding tert-OH is 1. The molecule has 0 aliphatic heterocycles. The van der Waals surface area contributed by atoms with Crippen molar-refractivity contribution in [3.8, 4) is 5.75 Å². The number of methoxy groups -OCH3 is 1. The molecule has 14 heavy (non-hydrogen) atoms. The summed E-state index contributed by atoms with van der Waals surface area (Å²) in [7, 11) is 1.69. The van der Waals surface area contributed by atoms with Crippen molar-refractivity contribution < 1.29 is 9.84 Å². The Balaban J connectivity index is 2.57. The monoisotopic (exact) mass is 194 g/mol. The Morgan fingerprint density at radius 2 is 2.07 bits per heavy atom. The first-order valence-corrected chi connectivity index (χ1v) is 5.00. The van der Waals surface area contributed by atoms with E-state index < -0.39 is 0 Å². The standard InChI is InChI=1S/C12H18O2/c1-10(9-13)7-8-11-5-3-4-6-12(11)14-2/h3-6,10,13H,7-9H2,1-2H3. The van der Waals surface area contributed by atoms with Crippen LogP contribution in [-0.4, -0.2) is 18.8 Å². The first-order chi connectivity index (χ1) is 6.77. The summed E-state index contributed by atoms with van der Waals surface area (Å²) in [5.41, 5.74) is 1.22. The van der Waals surface area contributed by atoms with Crippen molar-refractivity contribution in [1.29, 1.82) is 0 Å². The van der Waals surface area contributed by atoms with Crippen molar-refractivity contribution in [1.82, 2.24) is 0 Å². The van der Waals surface area contributed by atoms with Crippen LogP contribution in [0.5, 0.6) is 5.75 Å². The Kier molecular flexibility index (Phi) is 4.47. The second-order valence-corrected chi connectivity index (χ2v) is 3.64. The van der Waals surface area contributed by atoms with Crippen LogP contribution in [0, 0.1) is 5.92 Å². The van der Waals surface area contributed by atoms with Crippen molar-refractivity contribution in [3.05, 3.63) is 29.8 Å². The first-order valence-electron chi connectivity index (χ1n) is 5.00. The topological polar surface area (TPSA) is 29.5 Å². The minimum atomic E-state index is 0.259. The zero-order valence-electron chi connectivity index (χ0n) is 8.86. The van der Waals surface area contributed by atoms with E-state index in [1.54, 1.807) is 7.11 Å². The number of para-hydroxylation sites is 1. The molecule has 1 rings (SSSR count). The zero-order valence-corrected chi connectivity index (χ0v) is 8.86. The van der Waals surface area contributed by atoms with Crippen LogP contribution in [0.15, 0.2) is 24.3 Å². The average Bonchev–Trinajstić information content (AvgIpc) is 2.26. The van der Waals surface area contributed by atoms with Gasteiger partial charge in [0, 0.05) is 6.61 Å². The average molecular weight is 194 g/mol. The van der Waals surface area contributed by atoms with Gasteiger partial charge in [0.15, 0.2) is 0 Å². The summed E-state index contributed by atoms with van der Waals surface area (Å²) in [5.74, 6) is 1.30. The van der Waals surface area contributed by atoms with Gasteiger partial charge in [-0.15, -0.1) is 0 Å². The highest BCUT2D eigenvalue weighted by molar-refractivity contribution is 5.33. The number of aliphatic hydroxyl groups is 1. The molecule has 0 radical (unpaired) electrons. The summed E-state index contributed by atoms with van der Waals surface area (Å²) in [5, 5.41) is 8.91. The predicted octanol–water partition coefficient (Wildman–Crippen LogP) is 2.26. The van der Waals surface area contributed by atoms with Gasteiger partial charge in [-0.25, -0.2) is 0 Å². The van der Waals surface area contributed by atoms with Gasteiger partial charge in [-0.05, 0) is 30.4 Å². The van der Waals surface area contributed by atoms with E-state index in [0.717, 1.165) is 18.6 Å². The highest BCUT2D eigenvalue weighted by Crippen LogP contribution is 2.20. The lowest BCUT2D eigenvalue weighted by Crippen LogP contribution is -2.03. The minimum Gasteiger partial charge on any atom is -0.496 e. The number of rotatable bonds is 5. The van der Waals surface area contributed by atoms with Gasteiger partial charge in [0.05, 0.1) is 7.11 Å². The molecule has 0 aliphatic rings. The van der Waals surface area contributed by atoms with Gasteiger partial charge >= 0.3 is 0 Å². The minimum absolute atomic E-state index is 0.259. The molecule has 0 bridgehead atoms. The number of hydrogen-bond acceptors (Lipinski definition) is 2. The highest BCUT2D eigenvalue weighted by Gasteiger charge is 2.04. The normalized spacial score (nSPS) is 12.5. The molecule has 2 heteroatoms. The molecule has 0 spiro atoms. The quantitative estimate of drug-likeness (QED) is 0.779. The predicted molar refractivity (Wildman–Crippen MR) is 57.6 cm³/mol. The van der Waals surface area contributed by atoms with Gasteiger partial charge in [0.2, 0.25) is 0 Å². The van der Waals surface area contributed by atoms with Crippen molar-refractivity contribution in [3.63, 3.8) is 0 Å². The molecular formula is C12H18O2. The third kappa shape index (κ3) is 3.04. The van der Waals surface area contributed by atoms with Crippen LogP contribution in [0.1, 0.15) is 18.9 Å². The molecule has 0 saturated heterocycles. The van der Waals surface area contributed by atoms with Crippen LogP contribution < -0.4 is 4.74 Å². The first kappa shape index (κ1) is 11.1. The smallest absolute Gasteiger partial charge is 0.122 e. The number of ether oxygens (including phenoxy) is 1. The second kappa shape index (κ2) is 5.66. The molecular weight excluding hydrogens is 176 g/mol. The van der Waals surface area contributed by atoms with Crippen LogP contribution in [0.4, 0.5) is 0 Å². The largest absolute Gasteiger partial charge is 0.496 e. The summed E-state index contributed by atoms with van der Waals surface area (Å²) in [4.78, 5) is 0. The Labute approximate surface area is 85.5 Å². The second-order valence-electron chi connectivity index (χ2n) is 3.64. The molecule has 0 aliphatic carbocycles. The molecule has 0 aromatic heterocycles. The fourth-order valence-electron chi connectivity index (χ4n) is 1.40. The Bertz CT molecular complexity index is 271. The molecule has 1 aromatic rings. The Morgan fingerprint density at radius 3 is 2.71 bits per heavy atom. The summed E-state index contributed by atoms with van der Waals surface area (Å²) >= 11 is 0. The van der Waals surface area contributed by atoms with Crippen LogP contribution in [-0.2, 0) is 6.42 Å². The SMILES string of the molecule is COc1ccccc1CCC(C)CO. The van der Waals surface area contributed by atoms with Gasteiger partial charge in [-0.3, -0.25) is 0 Å². The van der Waals surface area contributed by atoms with Gasteiger partial charge in [0.25, 0.3) is 0 Å². The third-order valence-corrected chi connectivity index (χ3v) is 2.41. The third-order valence-electron chi connectivity index (χ3n) is 2.41. The van der Waals surface area contributed by atoms with E-state index in [2.05, 4.69) is 13.0 Å². The molecule has 0 amide bonds. The van der Waals surface area contributed by atoms with E-state index in [1.165, 1.54) is 5.56 Å². The molecule has 2 nitrogen and oxygen atoms in total. The van der Waals surface area contributed by atoms with Crippen molar-refractivity contribution in [2.45, 2.75) is 19.8 Å². The van der Waals surface area contributed by atoms with Gasteiger partial charge < -0.3 is 9.84 Å². The van der Waals surface area contributed by atoms with Crippen molar-refractivity contribution in [2.75, 3.05) is 13.7 Å². The fraction of sp³-hybridized carbons (Fsp3) is 0.500. The van der Waals surface area contributed by atoms with E-state index in [1.807, 2.05) is 18.2 Å². The van der Waals surface area contributed by atoms with Crippen LogP contribution in [0.2, 0.25) is 0 Å². The fourth-order valence-corrected chi connectivity index (χ4v) is 1.40. The number of hydrogen-bond donors (Lipinski definition) is 1. The summed E-state index contributed by atoms with van der Waals surface area (Å²) < 4.78 is 5.25. The van der Waals surface area contributed by atoms with E-state index in [0.29, 0.717) is 5.92 Å². The molecule has 0 heterocycles. The van der Waals surface area contributed by atoms with Crippen molar-refractivity contribution >= 4 is 0 Å². The van der Waals surface area contributed by atoms with Gasteiger partial charge in [-0.1, -0.05) is 25.1 Å². The summed E-state index contributed by atoms with van der Waals surface area (Å²) in [6.45, 7) is 2.31. The molecule has 0 saturated carbocycles. The maximum atomic E-state index is 8.91. The lowest BCUT2D eigenvalue weighted by Gasteiger charge is -2.10. The molecule has 1 unspecified atom stereocenters. The molecule has 1 N–H and O–H groups in total. The molecule has 78 valence electrons. The number of benzene rings is 1. The van der Waals surface area contributed by atoms with E-state index in [9.17, 15) is 0 Å². The Morgan fingerprint density at radius 1 is 1.36 bits per heavy atom. The molecule has 1 atom stereocenters. The van der Waals surface area contributed by atoms with Crippen LogP contribution >= 0.6 is 0 Å². The lowest BCUT2D eigenvalue weighted by atomic mass is 10.0. The van der Waals surface area contributed by atoms with Crippen molar-refractivity contribution in [2.24, 2.45) is 5.92 Å². The van der Waals surface area contributed by atoms with Crippen LogP contribution in [0.3, 0.4) is 0 Å². The van der Waals surface area contributed by atoms with Gasteiger partial charge in [0.1, 0.15) is 5.75 Å². The zero-order chi connectivity index (χ0) is 10.4. The lowest BCUT2D eigenvalue weighted by molar-refractivity contribution is 0.230. The number of aryl methyl sites for hydroxylation is 1. The summed E-state index contributed by atoms with van der Waals surface area (Å²) in [6.07, 6.45) is 1.96.